The summed E-state index contributed by atoms with van der Waals surface area (Å²) in [4.78, 5) is 29.6. The summed E-state index contributed by atoms with van der Waals surface area (Å²) in [6, 6.07) is 7.19. The van der Waals surface area contributed by atoms with Gasteiger partial charge in [-0.1, -0.05) is 23.7 Å². The number of amides is 2. The van der Waals surface area contributed by atoms with Gasteiger partial charge in [-0.2, -0.15) is 0 Å². The van der Waals surface area contributed by atoms with E-state index in [0.29, 0.717) is 42.7 Å². The molecular formula is C23H29ClN2O2. The maximum Gasteiger partial charge on any atom is 0.255 e. The number of nitrogens with zero attached hydrogens (tertiary/aromatic N) is 2. The van der Waals surface area contributed by atoms with Gasteiger partial charge in [0.25, 0.3) is 5.91 Å². The molecule has 150 valence electrons. The molecule has 0 unspecified atom stereocenters. The van der Waals surface area contributed by atoms with E-state index in [1.54, 1.807) is 12.1 Å². The number of piperazine rings is 1. The van der Waals surface area contributed by atoms with E-state index in [1.165, 1.54) is 38.5 Å². The summed E-state index contributed by atoms with van der Waals surface area (Å²) < 4.78 is 0. The Bertz CT molecular complexity index is 749. The first-order chi connectivity index (χ1) is 13.5. The Kier molecular flexibility index (Phi) is 4.65. The highest BCUT2D eigenvalue weighted by Gasteiger charge is 2.51. The van der Waals surface area contributed by atoms with Crippen LogP contribution in [0.25, 0.3) is 0 Å². The topological polar surface area (TPSA) is 40.6 Å². The molecule has 6 rings (SSSR count). The summed E-state index contributed by atoms with van der Waals surface area (Å²) in [5, 5.41) is 0.493. The largest absolute Gasteiger partial charge is 0.339 e. The molecule has 5 aliphatic rings. The molecule has 4 bridgehead atoms. The molecule has 4 nitrogen and oxygen atoms in total. The summed E-state index contributed by atoms with van der Waals surface area (Å²) >= 11 is 6.18. The van der Waals surface area contributed by atoms with Crippen LogP contribution in [0.1, 0.15) is 55.3 Å². The fourth-order valence-electron chi connectivity index (χ4n) is 6.90. The highest BCUT2D eigenvalue weighted by molar-refractivity contribution is 6.33. The highest BCUT2D eigenvalue weighted by Crippen LogP contribution is 2.61. The molecule has 1 aliphatic heterocycles. The summed E-state index contributed by atoms with van der Waals surface area (Å²) in [7, 11) is 0. The van der Waals surface area contributed by atoms with Crippen molar-refractivity contribution in [2.75, 3.05) is 26.2 Å². The Hall–Kier alpha value is -1.55. The molecule has 0 N–H and O–H groups in total. The third-order valence-corrected chi connectivity index (χ3v) is 8.04. The van der Waals surface area contributed by atoms with Gasteiger partial charge in [0.2, 0.25) is 5.91 Å². The monoisotopic (exact) mass is 400 g/mol. The zero-order valence-corrected chi connectivity index (χ0v) is 17.2. The van der Waals surface area contributed by atoms with Crippen LogP contribution in [-0.4, -0.2) is 47.8 Å². The first-order valence-electron chi connectivity index (χ1n) is 10.8. The molecule has 4 aliphatic carbocycles. The number of benzene rings is 1. The van der Waals surface area contributed by atoms with E-state index >= 15 is 0 Å². The zero-order chi connectivity index (χ0) is 19.3. The lowest BCUT2D eigenvalue weighted by atomic mass is 9.49. The molecule has 1 aromatic carbocycles. The third-order valence-electron chi connectivity index (χ3n) is 7.72. The second-order valence-electron chi connectivity index (χ2n) is 9.75. The van der Waals surface area contributed by atoms with Crippen molar-refractivity contribution in [2.45, 2.75) is 44.9 Å². The zero-order valence-electron chi connectivity index (χ0n) is 16.4. The molecule has 1 heterocycles. The summed E-state index contributed by atoms with van der Waals surface area (Å²) in [5.74, 6) is 2.92. The lowest BCUT2D eigenvalue weighted by molar-refractivity contribution is -0.141. The summed E-state index contributed by atoms with van der Waals surface area (Å²) in [6.45, 7) is 2.47. The Morgan fingerprint density at radius 2 is 1.43 bits per heavy atom. The average molecular weight is 401 g/mol. The minimum atomic E-state index is -0.0289. The van der Waals surface area contributed by atoms with Gasteiger partial charge >= 0.3 is 0 Å². The van der Waals surface area contributed by atoms with Crippen molar-refractivity contribution in [1.29, 1.82) is 0 Å². The molecule has 5 heteroatoms. The van der Waals surface area contributed by atoms with Crippen molar-refractivity contribution in [3.8, 4) is 0 Å². The first kappa shape index (κ1) is 18.5. The number of carbonyl (C=O) groups excluding carboxylic acids is 2. The van der Waals surface area contributed by atoms with Crippen molar-refractivity contribution in [2.24, 2.45) is 23.2 Å². The molecule has 1 aromatic rings. The number of hydrogen-bond donors (Lipinski definition) is 0. The van der Waals surface area contributed by atoms with Gasteiger partial charge < -0.3 is 9.80 Å². The first-order valence-corrected chi connectivity index (χ1v) is 11.2. The number of rotatable bonds is 3. The van der Waals surface area contributed by atoms with E-state index in [9.17, 15) is 9.59 Å². The lowest BCUT2D eigenvalue weighted by Crippen LogP contribution is -2.53. The average Bonchev–Trinajstić information content (AvgIpc) is 2.66. The SMILES string of the molecule is O=C(CC12CC3CC(CC(C3)C1)C2)N1CCN(C(=O)c2ccccc2Cl)CC1. The quantitative estimate of drug-likeness (QED) is 0.761. The Balaban J connectivity index is 1.19. The van der Waals surface area contributed by atoms with Gasteiger partial charge in [0, 0.05) is 32.6 Å². The molecule has 2 amide bonds. The molecule has 5 fully saturated rings. The van der Waals surface area contributed by atoms with Gasteiger partial charge in [-0.25, -0.2) is 0 Å². The van der Waals surface area contributed by atoms with Crippen LogP contribution in [0.15, 0.2) is 24.3 Å². The van der Waals surface area contributed by atoms with Gasteiger partial charge in [0.05, 0.1) is 10.6 Å². The van der Waals surface area contributed by atoms with Crippen molar-refractivity contribution in [1.82, 2.24) is 9.80 Å². The Morgan fingerprint density at radius 3 is 2.00 bits per heavy atom. The normalized spacial score (nSPS) is 34.0. The van der Waals surface area contributed by atoms with E-state index in [-0.39, 0.29) is 11.3 Å². The standard InChI is InChI=1S/C23H29ClN2O2/c24-20-4-2-1-3-19(20)22(28)26-7-5-25(6-8-26)21(27)15-23-12-16-9-17(13-23)11-18(10-16)14-23/h1-4,16-18H,5-15H2. The van der Waals surface area contributed by atoms with Crippen LogP contribution < -0.4 is 0 Å². The third kappa shape index (κ3) is 3.34. The summed E-state index contributed by atoms with van der Waals surface area (Å²) in [5.41, 5.74) is 0.841. The van der Waals surface area contributed by atoms with Gasteiger partial charge in [0.15, 0.2) is 0 Å². The van der Waals surface area contributed by atoms with Crippen LogP contribution in [-0.2, 0) is 4.79 Å². The predicted molar refractivity (Wildman–Crippen MR) is 109 cm³/mol. The van der Waals surface area contributed by atoms with Crippen LogP contribution in [0, 0.1) is 23.2 Å². The minimum Gasteiger partial charge on any atom is -0.339 e. The van der Waals surface area contributed by atoms with E-state index in [2.05, 4.69) is 0 Å². The highest BCUT2D eigenvalue weighted by atomic mass is 35.5. The van der Waals surface area contributed by atoms with Crippen LogP contribution in [0.2, 0.25) is 5.02 Å². The smallest absolute Gasteiger partial charge is 0.255 e. The van der Waals surface area contributed by atoms with E-state index in [4.69, 9.17) is 11.6 Å². The van der Waals surface area contributed by atoms with Crippen molar-refractivity contribution >= 4 is 23.4 Å². The number of hydrogen-bond acceptors (Lipinski definition) is 2. The fourth-order valence-corrected chi connectivity index (χ4v) is 7.12. The van der Waals surface area contributed by atoms with E-state index < -0.39 is 0 Å². The molecule has 0 atom stereocenters. The van der Waals surface area contributed by atoms with Crippen molar-refractivity contribution < 1.29 is 9.59 Å². The molecule has 0 radical (unpaired) electrons. The predicted octanol–water partition coefficient (Wildman–Crippen LogP) is 4.23. The van der Waals surface area contributed by atoms with Crippen LogP contribution in [0.3, 0.4) is 0 Å². The maximum absolute atomic E-state index is 13.1. The molecule has 0 aromatic heterocycles. The van der Waals surface area contributed by atoms with Gasteiger partial charge in [0.1, 0.15) is 0 Å². The molecule has 4 saturated carbocycles. The Labute approximate surface area is 172 Å². The second-order valence-corrected chi connectivity index (χ2v) is 10.2. The van der Waals surface area contributed by atoms with E-state index in [1.807, 2.05) is 21.9 Å². The van der Waals surface area contributed by atoms with Gasteiger partial charge in [-0.05, 0) is 73.8 Å². The second kappa shape index (κ2) is 7.05. The van der Waals surface area contributed by atoms with Crippen molar-refractivity contribution in [3.63, 3.8) is 0 Å². The van der Waals surface area contributed by atoms with Crippen LogP contribution >= 0.6 is 11.6 Å². The molecule has 0 spiro atoms. The van der Waals surface area contributed by atoms with Crippen LogP contribution in [0.4, 0.5) is 0 Å². The molecule has 28 heavy (non-hydrogen) atoms. The summed E-state index contributed by atoms with van der Waals surface area (Å²) in [6.07, 6.45) is 8.79. The minimum absolute atomic E-state index is 0.0289. The maximum atomic E-state index is 13.1. The van der Waals surface area contributed by atoms with Gasteiger partial charge in [-0.3, -0.25) is 9.59 Å². The Morgan fingerprint density at radius 1 is 0.893 bits per heavy atom. The van der Waals surface area contributed by atoms with Gasteiger partial charge in [-0.15, -0.1) is 0 Å². The van der Waals surface area contributed by atoms with Crippen molar-refractivity contribution in [3.05, 3.63) is 34.9 Å². The number of halogens is 1. The molecular weight excluding hydrogens is 372 g/mol. The fraction of sp³-hybridized carbons (Fsp3) is 0.652. The lowest BCUT2D eigenvalue weighted by Gasteiger charge is -2.57. The van der Waals surface area contributed by atoms with E-state index in [0.717, 1.165) is 24.2 Å². The molecule has 1 saturated heterocycles. The van der Waals surface area contributed by atoms with Crippen LogP contribution in [0.5, 0.6) is 0 Å². The number of carbonyl (C=O) groups is 2.